The molecule has 1 heterocycles. The van der Waals surface area contributed by atoms with E-state index in [0.29, 0.717) is 4.70 Å². The van der Waals surface area contributed by atoms with Gasteiger partial charge in [0.05, 0.1) is 25.0 Å². The molecule has 9 nitrogen and oxygen atoms in total. The first-order valence-corrected chi connectivity index (χ1v) is 8.68. The number of non-ortho nitro benzene ring substituents is 2. The van der Waals surface area contributed by atoms with Gasteiger partial charge in [0.2, 0.25) is 9.84 Å². The minimum absolute atomic E-state index is 0.129. The van der Waals surface area contributed by atoms with Crippen molar-refractivity contribution in [1.29, 1.82) is 0 Å². The van der Waals surface area contributed by atoms with E-state index in [0.717, 1.165) is 41.7 Å². The number of rotatable bonds is 4. The summed E-state index contributed by atoms with van der Waals surface area (Å²) >= 11 is 1.08. The highest BCUT2D eigenvalue weighted by atomic mass is 32.2. The molecular formula is C13H7N3O6S2. The van der Waals surface area contributed by atoms with Gasteiger partial charge in [0.15, 0.2) is 0 Å². The van der Waals surface area contributed by atoms with Gasteiger partial charge in [-0.25, -0.2) is 13.4 Å². The van der Waals surface area contributed by atoms with E-state index in [1.54, 1.807) is 0 Å². The summed E-state index contributed by atoms with van der Waals surface area (Å²) in [7, 11) is -4.12. The van der Waals surface area contributed by atoms with Crippen molar-refractivity contribution in [3.05, 3.63) is 62.1 Å². The lowest BCUT2D eigenvalue weighted by molar-refractivity contribution is -0.385. The van der Waals surface area contributed by atoms with Crippen molar-refractivity contribution >= 4 is 42.8 Å². The second-order valence-corrected chi connectivity index (χ2v) is 7.46. The first-order chi connectivity index (χ1) is 11.3. The lowest BCUT2D eigenvalue weighted by Gasteiger charge is -2.05. The molecule has 0 aliphatic heterocycles. The molecule has 0 fully saturated rings. The van der Waals surface area contributed by atoms with Crippen LogP contribution < -0.4 is 0 Å². The van der Waals surface area contributed by atoms with E-state index < -0.39 is 19.7 Å². The van der Waals surface area contributed by atoms with Gasteiger partial charge in [-0.05, 0) is 12.1 Å². The Hall–Kier alpha value is -2.92. The lowest BCUT2D eigenvalue weighted by atomic mass is 10.3. The summed E-state index contributed by atoms with van der Waals surface area (Å²) in [6, 6.07) is 6.49. The maximum Gasteiger partial charge on any atom is 0.272 e. The third-order valence-electron chi connectivity index (χ3n) is 3.24. The highest BCUT2D eigenvalue weighted by molar-refractivity contribution is 7.91. The van der Waals surface area contributed by atoms with Crippen molar-refractivity contribution in [2.45, 2.75) is 9.79 Å². The van der Waals surface area contributed by atoms with E-state index in [9.17, 15) is 28.6 Å². The van der Waals surface area contributed by atoms with Gasteiger partial charge >= 0.3 is 0 Å². The maximum atomic E-state index is 12.8. The van der Waals surface area contributed by atoms with Crippen LogP contribution in [0.25, 0.3) is 10.2 Å². The predicted molar refractivity (Wildman–Crippen MR) is 84.8 cm³/mol. The summed E-state index contributed by atoms with van der Waals surface area (Å²) in [5.74, 6) is 0. The van der Waals surface area contributed by atoms with Crippen LogP contribution in [0.5, 0.6) is 0 Å². The highest BCUT2D eigenvalue weighted by Gasteiger charge is 2.26. The first-order valence-electron chi connectivity index (χ1n) is 6.32. The lowest BCUT2D eigenvalue weighted by Crippen LogP contribution is -2.04. The van der Waals surface area contributed by atoms with Gasteiger partial charge in [0, 0.05) is 24.3 Å². The fraction of sp³-hybridized carbons (Fsp3) is 0. The second-order valence-electron chi connectivity index (χ2n) is 4.65. The number of hydrogen-bond acceptors (Lipinski definition) is 8. The van der Waals surface area contributed by atoms with Crippen LogP contribution in [0, 0.1) is 20.2 Å². The number of nitro groups is 2. The quantitative estimate of drug-likeness (QED) is 0.512. The van der Waals surface area contributed by atoms with Gasteiger partial charge in [0.1, 0.15) is 10.4 Å². The van der Waals surface area contributed by atoms with Crippen molar-refractivity contribution in [3.63, 3.8) is 0 Å². The fourth-order valence-corrected chi connectivity index (χ4v) is 4.35. The number of hydrogen-bond donors (Lipinski definition) is 0. The van der Waals surface area contributed by atoms with E-state index in [2.05, 4.69) is 4.98 Å². The summed E-state index contributed by atoms with van der Waals surface area (Å²) in [4.78, 5) is 23.8. The fourth-order valence-electron chi connectivity index (χ4n) is 2.11. The number of fused-ring (bicyclic) bond motifs is 1. The zero-order valence-corrected chi connectivity index (χ0v) is 13.3. The predicted octanol–water partition coefficient (Wildman–Crippen LogP) is 2.95. The number of thiazole rings is 1. The molecule has 0 saturated heterocycles. The molecule has 122 valence electrons. The average Bonchev–Trinajstić information content (AvgIpc) is 3.02. The topological polar surface area (TPSA) is 133 Å². The van der Waals surface area contributed by atoms with Crippen LogP contribution in [0.15, 0.2) is 51.7 Å². The molecule has 3 aromatic rings. The normalized spacial score (nSPS) is 11.5. The van der Waals surface area contributed by atoms with Crippen LogP contribution >= 0.6 is 11.3 Å². The van der Waals surface area contributed by atoms with Crippen molar-refractivity contribution in [2.24, 2.45) is 0 Å². The summed E-state index contributed by atoms with van der Waals surface area (Å²) in [6.07, 6.45) is 0. The summed E-state index contributed by atoms with van der Waals surface area (Å²) < 4.78 is 25.9. The average molecular weight is 365 g/mol. The molecule has 3 rings (SSSR count). The Morgan fingerprint density at radius 2 is 1.58 bits per heavy atom. The van der Waals surface area contributed by atoms with Gasteiger partial charge in [-0.15, -0.1) is 11.3 Å². The van der Waals surface area contributed by atoms with Crippen LogP contribution in [0.1, 0.15) is 0 Å². The summed E-state index contributed by atoms with van der Waals surface area (Å²) in [5.41, 5.74) is 0.895. The van der Waals surface area contributed by atoms with Crippen molar-refractivity contribution in [1.82, 2.24) is 4.98 Å². The minimum Gasteiger partial charge on any atom is -0.258 e. The van der Waals surface area contributed by atoms with E-state index in [4.69, 9.17) is 0 Å². The Bertz CT molecular complexity index is 1070. The van der Waals surface area contributed by atoms with Gasteiger partial charge in [-0.3, -0.25) is 20.2 Å². The maximum absolute atomic E-state index is 12.8. The van der Waals surface area contributed by atoms with E-state index in [1.165, 1.54) is 11.6 Å². The van der Waals surface area contributed by atoms with E-state index in [-0.39, 0.29) is 26.7 Å². The van der Waals surface area contributed by atoms with Gasteiger partial charge in [0.25, 0.3) is 11.4 Å². The van der Waals surface area contributed by atoms with Gasteiger partial charge < -0.3 is 0 Å². The van der Waals surface area contributed by atoms with Crippen LogP contribution in [-0.2, 0) is 9.84 Å². The van der Waals surface area contributed by atoms with Crippen LogP contribution in [0.4, 0.5) is 11.4 Å². The molecule has 11 heteroatoms. The molecule has 0 radical (unpaired) electrons. The smallest absolute Gasteiger partial charge is 0.258 e. The van der Waals surface area contributed by atoms with Gasteiger partial charge in [-0.1, -0.05) is 0 Å². The number of benzene rings is 2. The Morgan fingerprint density at radius 3 is 2.17 bits per heavy atom. The molecule has 0 bridgehead atoms. The minimum atomic E-state index is -4.12. The molecule has 0 unspecified atom stereocenters. The van der Waals surface area contributed by atoms with Crippen LogP contribution in [-0.4, -0.2) is 23.2 Å². The standard InChI is InChI=1S/C13H7N3O6S2/c17-15(18)8-1-3-10(4-2-8)24(21,22)12-6-9(16(19)20)5-11-13(12)14-7-23-11/h1-7H. The number of aromatic nitrogens is 1. The number of nitro benzene ring substituents is 2. The third-order valence-corrected chi connectivity index (χ3v) is 5.80. The van der Waals surface area contributed by atoms with Crippen molar-refractivity contribution < 1.29 is 18.3 Å². The zero-order chi connectivity index (χ0) is 17.5. The first kappa shape index (κ1) is 16.0. The Morgan fingerprint density at radius 1 is 0.958 bits per heavy atom. The molecule has 2 aromatic carbocycles. The zero-order valence-electron chi connectivity index (χ0n) is 11.6. The molecule has 24 heavy (non-hydrogen) atoms. The van der Waals surface area contributed by atoms with Gasteiger partial charge in [-0.2, -0.15) is 0 Å². The molecule has 0 N–H and O–H groups in total. The SMILES string of the molecule is O=[N+]([O-])c1ccc(S(=O)(=O)c2cc([N+](=O)[O-])cc3scnc23)cc1. The number of nitrogens with zero attached hydrogens (tertiary/aromatic N) is 3. The van der Waals surface area contributed by atoms with E-state index >= 15 is 0 Å². The summed E-state index contributed by atoms with van der Waals surface area (Å²) in [6.45, 7) is 0. The molecular weight excluding hydrogens is 358 g/mol. The Kier molecular flexibility index (Phi) is 3.73. The third kappa shape index (κ3) is 2.59. The molecule has 1 aromatic heterocycles. The number of sulfone groups is 1. The second kappa shape index (κ2) is 5.62. The molecule has 0 aliphatic carbocycles. The molecule has 0 amide bonds. The van der Waals surface area contributed by atoms with Crippen molar-refractivity contribution in [2.75, 3.05) is 0 Å². The largest absolute Gasteiger partial charge is 0.272 e. The van der Waals surface area contributed by atoms with E-state index in [1.807, 2.05) is 0 Å². The monoisotopic (exact) mass is 365 g/mol. The van der Waals surface area contributed by atoms with Crippen LogP contribution in [0.3, 0.4) is 0 Å². The van der Waals surface area contributed by atoms with Crippen LogP contribution in [0.2, 0.25) is 0 Å². The molecule has 0 atom stereocenters. The van der Waals surface area contributed by atoms with Crippen molar-refractivity contribution in [3.8, 4) is 0 Å². The Balaban J connectivity index is 2.22. The Labute approximate surface area is 138 Å². The molecule has 0 spiro atoms. The highest BCUT2D eigenvalue weighted by Crippen LogP contribution is 2.33. The molecule has 0 aliphatic rings. The molecule has 0 saturated carbocycles. The summed E-state index contributed by atoms with van der Waals surface area (Å²) in [5, 5.41) is 21.7.